The van der Waals surface area contributed by atoms with E-state index >= 15 is 0 Å². The zero-order chi connectivity index (χ0) is 20.4. The number of rotatable bonds is 5. The summed E-state index contributed by atoms with van der Waals surface area (Å²) in [5.41, 5.74) is 1.06. The summed E-state index contributed by atoms with van der Waals surface area (Å²) >= 11 is 7.37. The van der Waals surface area contributed by atoms with Crippen LogP contribution in [0.15, 0.2) is 52.9 Å². The van der Waals surface area contributed by atoms with Gasteiger partial charge in [-0.2, -0.15) is 0 Å². The molecule has 0 spiro atoms. The minimum Gasteiger partial charge on any atom is -0.493 e. The Morgan fingerprint density at radius 3 is 2.72 bits per heavy atom. The number of benzene rings is 2. The van der Waals surface area contributed by atoms with Gasteiger partial charge < -0.3 is 14.5 Å². The van der Waals surface area contributed by atoms with Crippen molar-refractivity contribution in [2.45, 2.75) is 0 Å². The van der Waals surface area contributed by atoms with E-state index in [4.69, 9.17) is 20.8 Å². The predicted molar refractivity (Wildman–Crippen MR) is 111 cm³/mol. The third kappa shape index (κ3) is 4.13. The quantitative estimate of drug-likeness (QED) is 0.458. The van der Waals surface area contributed by atoms with Crippen molar-refractivity contribution in [2.75, 3.05) is 12.4 Å². The molecular formula is C20H13ClFN3O3S. The predicted octanol–water partition coefficient (Wildman–Crippen LogP) is 5.42. The van der Waals surface area contributed by atoms with Crippen molar-refractivity contribution in [3.05, 3.63) is 70.1 Å². The lowest BCUT2D eigenvalue weighted by atomic mass is 10.2. The van der Waals surface area contributed by atoms with Crippen LogP contribution in [0, 0.1) is 5.82 Å². The summed E-state index contributed by atoms with van der Waals surface area (Å²) in [5, 5.41) is 12.1. The summed E-state index contributed by atoms with van der Waals surface area (Å²) in [5.74, 6) is 0.288. The van der Waals surface area contributed by atoms with Crippen LogP contribution in [0.3, 0.4) is 0 Å². The average molecular weight is 430 g/mol. The number of ether oxygens (including phenoxy) is 1. The summed E-state index contributed by atoms with van der Waals surface area (Å²) < 4.78 is 24.0. The molecule has 0 saturated carbocycles. The first kappa shape index (κ1) is 19.1. The Labute approximate surface area is 173 Å². The Hall–Kier alpha value is -3.23. The van der Waals surface area contributed by atoms with E-state index in [1.165, 1.54) is 24.3 Å². The normalized spacial score (nSPS) is 11.6. The van der Waals surface area contributed by atoms with Crippen LogP contribution >= 0.6 is 22.9 Å². The first-order valence-electron chi connectivity index (χ1n) is 8.38. The summed E-state index contributed by atoms with van der Waals surface area (Å²) in [4.78, 5) is 12.3. The molecule has 0 aliphatic heterocycles. The minimum atomic E-state index is -0.460. The fourth-order valence-electron chi connectivity index (χ4n) is 2.60. The first-order chi connectivity index (χ1) is 14.0. The number of hydrogen-bond acceptors (Lipinski definition) is 6. The van der Waals surface area contributed by atoms with E-state index in [0.29, 0.717) is 27.8 Å². The number of carbonyl (C=O) groups is 1. The zero-order valence-electron chi connectivity index (χ0n) is 15.0. The van der Waals surface area contributed by atoms with Crippen molar-refractivity contribution in [3.63, 3.8) is 0 Å². The molecule has 0 radical (unpaired) electrons. The molecule has 1 N–H and O–H groups in total. The highest BCUT2D eigenvalue weighted by molar-refractivity contribution is 7.15. The van der Waals surface area contributed by atoms with E-state index in [9.17, 15) is 9.18 Å². The number of methoxy groups -OCH3 is 1. The molecule has 4 aromatic rings. The molecule has 0 atom stereocenters. The lowest BCUT2D eigenvalue weighted by molar-refractivity contribution is 0.102. The van der Waals surface area contributed by atoms with Gasteiger partial charge in [-0.05, 0) is 36.4 Å². The smallest absolute Gasteiger partial charge is 0.286 e. The number of nitrogens with one attached hydrogen (secondary N) is 1. The highest BCUT2D eigenvalue weighted by Gasteiger charge is 2.16. The first-order valence-corrected chi connectivity index (χ1v) is 9.57. The van der Waals surface area contributed by atoms with Gasteiger partial charge in [0.25, 0.3) is 5.91 Å². The van der Waals surface area contributed by atoms with E-state index in [1.807, 2.05) is 18.2 Å². The van der Waals surface area contributed by atoms with Gasteiger partial charge in [0.05, 0.1) is 12.1 Å². The van der Waals surface area contributed by atoms with Crippen molar-refractivity contribution in [2.24, 2.45) is 0 Å². The van der Waals surface area contributed by atoms with Crippen molar-refractivity contribution in [1.29, 1.82) is 0 Å². The maximum Gasteiger partial charge on any atom is 0.286 e. The molecule has 2 aromatic heterocycles. The molecule has 0 saturated heterocycles. The number of furan rings is 1. The molecule has 4 rings (SSSR count). The Morgan fingerprint density at radius 2 is 1.97 bits per heavy atom. The highest BCUT2D eigenvalue weighted by Crippen LogP contribution is 2.32. The number of nitrogens with zero attached hydrogens (tertiary/aromatic N) is 2. The van der Waals surface area contributed by atoms with E-state index in [1.54, 1.807) is 19.3 Å². The molecule has 29 heavy (non-hydrogen) atoms. The zero-order valence-corrected chi connectivity index (χ0v) is 16.6. The minimum absolute atomic E-state index is 0.127. The fourth-order valence-corrected chi connectivity index (χ4v) is 3.51. The Kier molecular flexibility index (Phi) is 5.28. The van der Waals surface area contributed by atoms with Crippen LogP contribution in [-0.4, -0.2) is 23.2 Å². The van der Waals surface area contributed by atoms with Crippen LogP contribution in [0.2, 0.25) is 0 Å². The maximum absolute atomic E-state index is 13.0. The number of aromatic nitrogens is 2. The molecule has 146 valence electrons. The van der Waals surface area contributed by atoms with E-state index in [-0.39, 0.29) is 15.9 Å². The number of carbonyl (C=O) groups excluding carboxylic acids is 1. The lowest BCUT2D eigenvalue weighted by Crippen LogP contribution is -2.11. The van der Waals surface area contributed by atoms with Crippen LogP contribution in [0.25, 0.3) is 22.1 Å². The second kappa shape index (κ2) is 8.02. The molecule has 2 aromatic carbocycles. The molecule has 0 aliphatic rings. The van der Waals surface area contributed by atoms with Crippen LogP contribution in [-0.2, 0) is 0 Å². The van der Waals surface area contributed by atoms with Crippen LogP contribution in [0.5, 0.6) is 5.75 Å². The monoisotopic (exact) mass is 429 g/mol. The standard InChI is InChI=1S/C20H13ClFN3O3S/c1-27-16-4-2-3-11-9-14(28-17(11)16)10-15(21)19-24-25-20(29-19)18(26)23-13-7-5-12(22)6-8-13/h2-10H,1H3,(H,23,26)/b15-10-. The summed E-state index contributed by atoms with van der Waals surface area (Å²) in [7, 11) is 1.57. The van der Waals surface area contributed by atoms with Gasteiger partial charge in [-0.15, -0.1) is 10.2 Å². The molecule has 0 unspecified atom stereocenters. The van der Waals surface area contributed by atoms with Gasteiger partial charge in [-0.3, -0.25) is 4.79 Å². The van der Waals surface area contributed by atoms with Gasteiger partial charge in [0, 0.05) is 17.1 Å². The molecule has 6 nitrogen and oxygen atoms in total. The summed E-state index contributed by atoms with van der Waals surface area (Å²) in [6, 6.07) is 12.8. The van der Waals surface area contributed by atoms with Gasteiger partial charge in [0.15, 0.2) is 16.3 Å². The van der Waals surface area contributed by atoms with Gasteiger partial charge >= 0.3 is 0 Å². The van der Waals surface area contributed by atoms with Crippen LogP contribution < -0.4 is 10.1 Å². The van der Waals surface area contributed by atoms with Crippen LogP contribution in [0.1, 0.15) is 20.6 Å². The topological polar surface area (TPSA) is 77.2 Å². The SMILES string of the molecule is COc1cccc2cc(/C=C(\Cl)c3nnc(C(=O)Nc4ccc(F)cc4)s3)oc12. The van der Waals surface area contributed by atoms with E-state index in [0.717, 1.165) is 16.7 Å². The van der Waals surface area contributed by atoms with Crippen molar-refractivity contribution in [3.8, 4) is 5.75 Å². The second-order valence-electron chi connectivity index (χ2n) is 5.89. The third-order valence-electron chi connectivity index (χ3n) is 3.94. The van der Waals surface area contributed by atoms with Gasteiger partial charge in [0.1, 0.15) is 11.6 Å². The summed E-state index contributed by atoms with van der Waals surface area (Å²) in [6.45, 7) is 0. The molecule has 2 heterocycles. The van der Waals surface area contributed by atoms with Gasteiger partial charge in [0.2, 0.25) is 5.01 Å². The largest absolute Gasteiger partial charge is 0.493 e. The number of hydrogen-bond donors (Lipinski definition) is 1. The lowest BCUT2D eigenvalue weighted by Gasteiger charge is -2.01. The molecular weight excluding hydrogens is 417 g/mol. The van der Waals surface area contributed by atoms with E-state index in [2.05, 4.69) is 15.5 Å². The third-order valence-corrected chi connectivity index (χ3v) is 5.30. The molecule has 1 amide bonds. The van der Waals surface area contributed by atoms with Gasteiger partial charge in [-0.1, -0.05) is 35.1 Å². The fraction of sp³-hybridized carbons (Fsp3) is 0.0500. The van der Waals surface area contributed by atoms with E-state index < -0.39 is 5.91 Å². The number of amides is 1. The summed E-state index contributed by atoms with van der Waals surface area (Å²) in [6.07, 6.45) is 1.60. The van der Waals surface area contributed by atoms with Crippen molar-refractivity contribution >= 4 is 56.6 Å². The highest BCUT2D eigenvalue weighted by atomic mass is 35.5. The molecule has 9 heteroatoms. The second-order valence-corrected chi connectivity index (χ2v) is 7.28. The number of anilines is 1. The average Bonchev–Trinajstić information content (AvgIpc) is 3.36. The number of fused-ring (bicyclic) bond motifs is 1. The van der Waals surface area contributed by atoms with Crippen LogP contribution in [0.4, 0.5) is 10.1 Å². The van der Waals surface area contributed by atoms with Crippen molar-refractivity contribution in [1.82, 2.24) is 10.2 Å². The Morgan fingerprint density at radius 1 is 1.21 bits per heavy atom. The number of halogens is 2. The van der Waals surface area contributed by atoms with Crippen molar-refractivity contribution < 1.29 is 18.3 Å². The number of para-hydroxylation sites is 1. The van der Waals surface area contributed by atoms with Gasteiger partial charge in [-0.25, -0.2) is 4.39 Å². The maximum atomic E-state index is 13.0. The Bertz CT molecular complexity index is 1220. The molecule has 0 fully saturated rings. The Balaban J connectivity index is 1.54. The molecule has 0 bridgehead atoms. The molecule has 0 aliphatic carbocycles.